The highest BCUT2D eigenvalue weighted by molar-refractivity contribution is 6.56. The molecule has 32 heavy (non-hydrogen) atoms. The largest absolute Gasteiger partial charge is 0.382 e. The lowest BCUT2D eigenvalue weighted by Crippen LogP contribution is -2.22. The summed E-state index contributed by atoms with van der Waals surface area (Å²) in [5.41, 5.74) is 6.09. The summed E-state index contributed by atoms with van der Waals surface area (Å²) in [7, 11) is 2.27. The van der Waals surface area contributed by atoms with Crippen LogP contribution in [0.3, 0.4) is 0 Å². The zero-order valence-electron chi connectivity index (χ0n) is 17.6. The average molecular weight is 407 g/mol. The number of hydrogen-bond donors (Lipinski definition) is 0. The first-order chi connectivity index (χ1) is 15.9. The second-order valence-electron chi connectivity index (χ2n) is 8.58. The van der Waals surface area contributed by atoms with E-state index in [-0.39, 0.29) is 0 Å². The Morgan fingerprint density at radius 1 is 0.656 bits per heavy atom. The van der Waals surface area contributed by atoms with Crippen LogP contribution in [0.25, 0.3) is 43.4 Å². The van der Waals surface area contributed by atoms with Crippen molar-refractivity contribution in [3.8, 4) is 0 Å². The molecule has 0 aliphatic carbocycles. The summed E-state index contributed by atoms with van der Waals surface area (Å²) in [4.78, 5) is 4.90. The summed E-state index contributed by atoms with van der Waals surface area (Å²) in [6.07, 6.45) is 4.12. The third-order valence-electron chi connectivity index (χ3n) is 6.73. The van der Waals surface area contributed by atoms with Crippen molar-refractivity contribution in [1.29, 1.82) is 0 Å². The Hall–Kier alpha value is -3.85. The molecular formula is C29H20BN2. The normalized spacial score (nSPS) is 13.2. The van der Waals surface area contributed by atoms with E-state index in [2.05, 4.69) is 109 Å². The predicted molar refractivity (Wildman–Crippen MR) is 138 cm³/mol. The molecule has 0 atom stereocenters. The molecule has 5 aromatic carbocycles. The van der Waals surface area contributed by atoms with Gasteiger partial charge in [-0.05, 0) is 34.6 Å². The maximum absolute atomic E-state index is 4.90. The van der Waals surface area contributed by atoms with Crippen molar-refractivity contribution in [3.63, 3.8) is 0 Å². The van der Waals surface area contributed by atoms with E-state index in [1.54, 1.807) is 0 Å². The Labute approximate surface area is 187 Å². The molecule has 0 saturated carbocycles. The van der Waals surface area contributed by atoms with E-state index in [1.807, 2.05) is 0 Å². The third-order valence-corrected chi connectivity index (χ3v) is 6.73. The molecule has 3 heteroatoms. The summed E-state index contributed by atoms with van der Waals surface area (Å²) in [6, 6.07) is 32.9. The number of aryl methyl sites for hydroxylation is 1. The van der Waals surface area contributed by atoms with E-state index in [0.717, 1.165) is 18.5 Å². The van der Waals surface area contributed by atoms with E-state index in [9.17, 15) is 0 Å². The molecule has 1 aromatic heterocycles. The van der Waals surface area contributed by atoms with E-state index >= 15 is 0 Å². The van der Waals surface area contributed by atoms with Crippen molar-refractivity contribution in [1.82, 2.24) is 4.48 Å². The van der Waals surface area contributed by atoms with Crippen molar-refractivity contribution in [3.05, 3.63) is 96.6 Å². The molecule has 0 fully saturated rings. The first-order valence-electron chi connectivity index (χ1n) is 11.2. The minimum Gasteiger partial charge on any atom is -0.382 e. The lowest BCUT2D eigenvalue weighted by atomic mass is 9.81. The van der Waals surface area contributed by atoms with E-state index < -0.39 is 0 Å². The predicted octanol–water partition coefficient (Wildman–Crippen LogP) is 6.54. The van der Waals surface area contributed by atoms with Gasteiger partial charge in [0.15, 0.2) is 0 Å². The van der Waals surface area contributed by atoms with Crippen LogP contribution in [0, 0.1) is 0 Å². The lowest BCUT2D eigenvalue weighted by molar-refractivity contribution is 1.03. The summed E-state index contributed by atoms with van der Waals surface area (Å²) in [5.74, 6) is 0. The minimum atomic E-state index is 1.01. The smallest absolute Gasteiger partial charge is 0.291 e. The van der Waals surface area contributed by atoms with Gasteiger partial charge < -0.3 is 4.48 Å². The van der Waals surface area contributed by atoms with Crippen molar-refractivity contribution in [2.24, 2.45) is 4.99 Å². The number of benzene rings is 5. The molecule has 1 aliphatic heterocycles. The Morgan fingerprint density at radius 2 is 1.41 bits per heavy atom. The van der Waals surface area contributed by atoms with Crippen LogP contribution in [0.4, 0.5) is 5.69 Å². The SMILES string of the molecule is [B](c1ccccc1)n1c2c3c(ccc2c2ccc4ccc5ccccc5c4c21)CCC=N3. The summed E-state index contributed by atoms with van der Waals surface area (Å²) < 4.78 is 2.40. The fourth-order valence-electron chi connectivity index (χ4n) is 5.28. The summed E-state index contributed by atoms with van der Waals surface area (Å²) in [6.45, 7) is 0. The molecule has 1 radical (unpaired) electrons. The maximum atomic E-state index is 4.90. The zero-order chi connectivity index (χ0) is 21.1. The molecule has 6 aromatic rings. The van der Waals surface area contributed by atoms with Crippen molar-refractivity contribution in [2.75, 3.05) is 0 Å². The van der Waals surface area contributed by atoms with Crippen molar-refractivity contribution in [2.45, 2.75) is 12.8 Å². The topological polar surface area (TPSA) is 17.3 Å². The Kier molecular flexibility index (Phi) is 3.80. The molecule has 0 bridgehead atoms. The number of rotatable bonds is 2. The fraction of sp³-hybridized carbons (Fsp3) is 0.0690. The Bertz CT molecular complexity index is 1690. The Balaban J connectivity index is 1.72. The van der Waals surface area contributed by atoms with Gasteiger partial charge in [-0.2, -0.15) is 0 Å². The summed E-state index contributed by atoms with van der Waals surface area (Å²) >= 11 is 0. The van der Waals surface area contributed by atoms with Crippen molar-refractivity contribution < 1.29 is 0 Å². The van der Waals surface area contributed by atoms with Crippen LogP contribution < -0.4 is 5.46 Å². The van der Waals surface area contributed by atoms with E-state index in [4.69, 9.17) is 4.99 Å². The monoisotopic (exact) mass is 407 g/mol. The van der Waals surface area contributed by atoms with Crippen LogP contribution >= 0.6 is 0 Å². The Morgan fingerprint density at radius 3 is 2.34 bits per heavy atom. The third kappa shape index (κ3) is 2.51. The quantitative estimate of drug-likeness (QED) is 0.229. The molecular weight excluding hydrogens is 387 g/mol. The van der Waals surface area contributed by atoms with Gasteiger partial charge in [0, 0.05) is 27.9 Å². The van der Waals surface area contributed by atoms with Crippen LogP contribution in [0.1, 0.15) is 12.0 Å². The van der Waals surface area contributed by atoms with Gasteiger partial charge in [0.2, 0.25) is 0 Å². The highest BCUT2D eigenvalue weighted by Gasteiger charge is 2.21. The number of nitrogens with zero attached hydrogens (tertiary/aromatic N) is 2. The molecule has 0 amide bonds. The van der Waals surface area contributed by atoms with Crippen LogP contribution in [0.15, 0.2) is 96.0 Å². The molecule has 149 valence electrons. The molecule has 0 saturated heterocycles. The highest BCUT2D eigenvalue weighted by Crippen LogP contribution is 2.42. The van der Waals surface area contributed by atoms with Gasteiger partial charge in [-0.25, -0.2) is 0 Å². The molecule has 2 nitrogen and oxygen atoms in total. The molecule has 2 heterocycles. The van der Waals surface area contributed by atoms with Crippen molar-refractivity contribution >= 4 is 68.1 Å². The number of hydrogen-bond acceptors (Lipinski definition) is 1. The molecule has 0 spiro atoms. The van der Waals surface area contributed by atoms with Gasteiger partial charge in [-0.15, -0.1) is 0 Å². The second-order valence-corrected chi connectivity index (χ2v) is 8.58. The number of aliphatic imine (C=N–C) groups is 1. The van der Waals surface area contributed by atoms with Crippen LogP contribution in [-0.2, 0) is 6.42 Å². The maximum Gasteiger partial charge on any atom is 0.291 e. The van der Waals surface area contributed by atoms with Gasteiger partial charge in [-0.1, -0.05) is 96.5 Å². The second kappa shape index (κ2) is 6.83. The fourth-order valence-corrected chi connectivity index (χ4v) is 5.28. The number of aromatic nitrogens is 1. The van der Waals surface area contributed by atoms with Crippen LogP contribution in [0.5, 0.6) is 0 Å². The average Bonchev–Trinajstić information content (AvgIpc) is 3.18. The van der Waals surface area contributed by atoms with Gasteiger partial charge >= 0.3 is 0 Å². The zero-order valence-corrected chi connectivity index (χ0v) is 17.6. The van der Waals surface area contributed by atoms with Crippen LogP contribution in [0.2, 0.25) is 0 Å². The highest BCUT2D eigenvalue weighted by atomic mass is 14.9. The van der Waals surface area contributed by atoms with E-state index in [1.165, 1.54) is 54.4 Å². The van der Waals surface area contributed by atoms with Gasteiger partial charge in [0.25, 0.3) is 7.41 Å². The van der Waals surface area contributed by atoms with Gasteiger partial charge in [-0.3, -0.25) is 4.99 Å². The van der Waals surface area contributed by atoms with Crippen LogP contribution in [-0.4, -0.2) is 18.1 Å². The standard InChI is InChI=1S/C29H20BN2/c1-2-9-22(10-3-1)30-32-28-24(25-17-15-21-8-6-18-31-27(21)29(25)32)16-14-20-13-12-19-7-4-5-11-23(19)26(20)28/h1-5,7,9-18H,6,8H2. The minimum absolute atomic E-state index is 1.01. The first kappa shape index (κ1) is 17.8. The molecule has 7 rings (SSSR count). The van der Waals surface area contributed by atoms with E-state index in [0.29, 0.717) is 0 Å². The number of fused-ring (bicyclic) bond motifs is 9. The summed E-state index contributed by atoms with van der Waals surface area (Å²) in [5, 5.41) is 7.67. The van der Waals surface area contributed by atoms with Gasteiger partial charge in [0.1, 0.15) is 0 Å². The molecule has 0 unspecified atom stereocenters. The molecule has 1 aliphatic rings. The molecule has 0 N–H and O–H groups in total. The van der Waals surface area contributed by atoms with Gasteiger partial charge in [0.05, 0.1) is 11.2 Å². The first-order valence-corrected chi connectivity index (χ1v) is 11.2. The lowest BCUT2D eigenvalue weighted by Gasteiger charge is -2.15.